The van der Waals surface area contributed by atoms with E-state index in [9.17, 15) is 4.39 Å². The van der Waals surface area contributed by atoms with E-state index in [1.54, 1.807) is 0 Å². The molecule has 0 spiro atoms. The van der Waals surface area contributed by atoms with Crippen molar-refractivity contribution in [3.05, 3.63) is 0 Å². The molecule has 1 heterocycles. The van der Waals surface area contributed by atoms with Gasteiger partial charge in [-0.25, -0.2) is 0 Å². The van der Waals surface area contributed by atoms with Crippen LogP contribution in [0, 0.1) is 5.92 Å². The van der Waals surface area contributed by atoms with Crippen LogP contribution in [-0.4, -0.2) is 44.8 Å². The van der Waals surface area contributed by atoms with Gasteiger partial charge in [0.1, 0.15) is 0 Å². The lowest BCUT2D eigenvalue weighted by Crippen LogP contribution is -2.37. The first kappa shape index (κ1) is 10.9. The molecule has 1 unspecified atom stereocenters. The molecule has 1 rings (SSSR count). The molecule has 0 aromatic heterocycles. The average Bonchev–Trinajstić information content (AvgIpc) is 2.16. The molecular weight excluding hydrogens is 167 g/mol. The molecule has 3 heteroatoms. The van der Waals surface area contributed by atoms with Crippen LogP contribution in [0.4, 0.5) is 4.39 Å². The van der Waals surface area contributed by atoms with Crippen molar-refractivity contribution in [2.24, 2.45) is 5.92 Å². The Hall–Kier alpha value is -0.150. The first-order valence-corrected chi connectivity index (χ1v) is 5.28. The van der Waals surface area contributed by atoms with Gasteiger partial charge < -0.3 is 10.2 Å². The van der Waals surface area contributed by atoms with Gasteiger partial charge in [-0.1, -0.05) is 0 Å². The minimum Gasteiger partial charge on any atom is -0.316 e. The molecule has 0 aromatic rings. The second-order valence-electron chi connectivity index (χ2n) is 4.02. The molecule has 0 amide bonds. The summed E-state index contributed by atoms with van der Waals surface area (Å²) >= 11 is 0. The summed E-state index contributed by atoms with van der Waals surface area (Å²) in [4.78, 5) is 2.25. The van der Waals surface area contributed by atoms with Crippen molar-refractivity contribution >= 4 is 0 Å². The van der Waals surface area contributed by atoms with Crippen molar-refractivity contribution in [3.63, 3.8) is 0 Å². The van der Waals surface area contributed by atoms with Gasteiger partial charge in [0.15, 0.2) is 0 Å². The molecule has 1 saturated heterocycles. The van der Waals surface area contributed by atoms with Crippen LogP contribution in [0.3, 0.4) is 0 Å². The maximum atomic E-state index is 11.9. The minimum atomic E-state index is -0.187. The molecule has 78 valence electrons. The van der Waals surface area contributed by atoms with E-state index in [1.807, 2.05) is 0 Å². The lowest BCUT2D eigenvalue weighted by atomic mass is 9.99. The van der Waals surface area contributed by atoms with Gasteiger partial charge in [-0.3, -0.25) is 4.39 Å². The summed E-state index contributed by atoms with van der Waals surface area (Å²) in [5.41, 5.74) is 0. The van der Waals surface area contributed by atoms with E-state index < -0.39 is 0 Å². The second-order valence-corrected chi connectivity index (χ2v) is 4.02. The zero-order chi connectivity index (χ0) is 9.52. The lowest BCUT2D eigenvalue weighted by Gasteiger charge is -2.27. The monoisotopic (exact) mass is 188 g/mol. The van der Waals surface area contributed by atoms with Crippen LogP contribution in [0.1, 0.15) is 19.3 Å². The second kappa shape index (κ2) is 6.33. The van der Waals surface area contributed by atoms with Crippen LogP contribution in [-0.2, 0) is 0 Å². The molecule has 0 aromatic carbocycles. The summed E-state index contributed by atoms with van der Waals surface area (Å²) in [6.45, 7) is 4.14. The Kier molecular flexibility index (Phi) is 5.32. The summed E-state index contributed by atoms with van der Waals surface area (Å²) in [5, 5.41) is 3.40. The van der Waals surface area contributed by atoms with Gasteiger partial charge in [-0.2, -0.15) is 0 Å². The summed E-state index contributed by atoms with van der Waals surface area (Å²) in [6.07, 6.45) is 3.30. The van der Waals surface area contributed by atoms with Gasteiger partial charge in [0.05, 0.1) is 6.67 Å². The molecule has 2 nitrogen and oxygen atoms in total. The van der Waals surface area contributed by atoms with Crippen LogP contribution in [0.25, 0.3) is 0 Å². The van der Waals surface area contributed by atoms with Crippen LogP contribution in [0.2, 0.25) is 0 Å². The predicted molar refractivity (Wildman–Crippen MR) is 53.7 cm³/mol. The Bertz CT molecular complexity index is 124. The topological polar surface area (TPSA) is 15.3 Å². The van der Waals surface area contributed by atoms with Gasteiger partial charge in [-0.05, 0) is 45.3 Å². The van der Waals surface area contributed by atoms with Crippen LogP contribution >= 0.6 is 0 Å². The van der Waals surface area contributed by atoms with E-state index in [4.69, 9.17) is 0 Å². The van der Waals surface area contributed by atoms with Crippen molar-refractivity contribution in [2.45, 2.75) is 19.3 Å². The molecule has 0 saturated carbocycles. The predicted octanol–water partition coefficient (Wildman–Crippen LogP) is 1.28. The average molecular weight is 188 g/mol. The number of nitrogens with one attached hydrogen (secondary N) is 1. The van der Waals surface area contributed by atoms with Gasteiger partial charge in [-0.15, -0.1) is 0 Å². The fourth-order valence-corrected chi connectivity index (χ4v) is 1.94. The van der Waals surface area contributed by atoms with Gasteiger partial charge in [0, 0.05) is 13.1 Å². The fourth-order valence-electron chi connectivity index (χ4n) is 1.94. The third-order valence-corrected chi connectivity index (χ3v) is 2.64. The highest BCUT2D eigenvalue weighted by Crippen LogP contribution is 2.10. The summed E-state index contributed by atoms with van der Waals surface area (Å²) in [6, 6.07) is 0. The number of hydrogen-bond donors (Lipinski definition) is 1. The molecule has 0 aliphatic carbocycles. The number of alkyl halides is 1. The largest absolute Gasteiger partial charge is 0.316 e. The molecule has 1 aliphatic rings. The highest BCUT2D eigenvalue weighted by atomic mass is 19.1. The van der Waals surface area contributed by atoms with E-state index in [2.05, 4.69) is 17.3 Å². The highest BCUT2D eigenvalue weighted by molar-refractivity contribution is 4.71. The van der Waals surface area contributed by atoms with Crippen molar-refractivity contribution < 1.29 is 4.39 Å². The fraction of sp³-hybridized carbons (Fsp3) is 1.00. The number of nitrogens with zero attached hydrogens (tertiary/aromatic N) is 1. The SMILES string of the molecule is CN(CCCF)CC1CCCNC1. The zero-order valence-electron chi connectivity index (χ0n) is 8.56. The Morgan fingerprint density at radius 1 is 1.54 bits per heavy atom. The highest BCUT2D eigenvalue weighted by Gasteiger charge is 2.14. The Morgan fingerprint density at radius 2 is 2.38 bits per heavy atom. The van der Waals surface area contributed by atoms with Gasteiger partial charge in [0.2, 0.25) is 0 Å². The number of halogens is 1. The van der Waals surface area contributed by atoms with E-state index >= 15 is 0 Å². The Morgan fingerprint density at radius 3 is 3.00 bits per heavy atom. The maximum absolute atomic E-state index is 11.9. The Balaban J connectivity index is 2.07. The van der Waals surface area contributed by atoms with Crippen molar-refractivity contribution in [2.75, 3.05) is 39.9 Å². The molecule has 13 heavy (non-hydrogen) atoms. The molecule has 1 atom stereocenters. The van der Waals surface area contributed by atoms with E-state index in [-0.39, 0.29) is 6.67 Å². The third-order valence-electron chi connectivity index (χ3n) is 2.64. The quantitative estimate of drug-likeness (QED) is 0.699. The van der Waals surface area contributed by atoms with E-state index in [1.165, 1.54) is 19.4 Å². The van der Waals surface area contributed by atoms with Gasteiger partial charge >= 0.3 is 0 Å². The van der Waals surface area contributed by atoms with Crippen LogP contribution < -0.4 is 5.32 Å². The van der Waals surface area contributed by atoms with E-state index in [0.717, 1.165) is 25.6 Å². The summed E-state index contributed by atoms with van der Waals surface area (Å²) in [5.74, 6) is 0.776. The Labute approximate surface area is 80.5 Å². The molecule has 1 N–H and O–H groups in total. The first-order chi connectivity index (χ1) is 6.33. The van der Waals surface area contributed by atoms with Crippen molar-refractivity contribution in [3.8, 4) is 0 Å². The smallest absolute Gasteiger partial charge is 0.0906 e. The van der Waals surface area contributed by atoms with Crippen LogP contribution in [0.5, 0.6) is 0 Å². The first-order valence-electron chi connectivity index (χ1n) is 5.28. The molecule has 0 bridgehead atoms. The maximum Gasteiger partial charge on any atom is 0.0906 e. The van der Waals surface area contributed by atoms with E-state index in [0.29, 0.717) is 6.42 Å². The molecule has 1 fully saturated rings. The van der Waals surface area contributed by atoms with Crippen molar-refractivity contribution in [1.82, 2.24) is 10.2 Å². The lowest BCUT2D eigenvalue weighted by molar-refractivity contribution is 0.235. The number of rotatable bonds is 5. The van der Waals surface area contributed by atoms with Crippen molar-refractivity contribution in [1.29, 1.82) is 0 Å². The number of piperidine rings is 1. The molecule has 0 radical (unpaired) electrons. The third kappa shape index (κ3) is 4.58. The minimum absolute atomic E-state index is 0.187. The normalized spacial score (nSPS) is 23.8. The molecular formula is C10H21FN2. The zero-order valence-corrected chi connectivity index (χ0v) is 8.56. The number of hydrogen-bond acceptors (Lipinski definition) is 2. The molecule has 1 aliphatic heterocycles. The summed E-state index contributed by atoms with van der Waals surface area (Å²) < 4.78 is 11.9. The summed E-state index contributed by atoms with van der Waals surface area (Å²) in [7, 11) is 2.09. The standard InChI is InChI=1S/C10H21FN2/c1-13(7-3-5-11)9-10-4-2-6-12-8-10/h10,12H,2-9H2,1H3. The van der Waals surface area contributed by atoms with Crippen LogP contribution in [0.15, 0.2) is 0 Å². The van der Waals surface area contributed by atoms with Gasteiger partial charge in [0.25, 0.3) is 0 Å².